The zero-order valence-electron chi connectivity index (χ0n) is 14.5. The van der Waals surface area contributed by atoms with E-state index in [1.807, 2.05) is 17.0 Å². The van der Waals surface area contributed by atoms with Crippen LogP contribution < -0.4 is 9.87 Å². The predicted octanol–water partition coefficient (Wildman–Crippen LogP) is 1.39. The van der Waals surface area contributed by atoms with Crippen molar-refractivity contribution in [3.8, 4) is 0 Å². The summed E-state index contributed by atoms with van der Waals surface area (Å²) in [4.78, 5) is 31.9. The number of carbonyl (C=O) groups is 1. The molecule has 1 aromatic carbocycles. The Morgan fingerprint density at radius 3 is 2.16 bits per heavy atom. The van der Waals surface area contributed by atoms with Gasteiger partial charge < -0.3 is 14.7 Å². The Morgan fingerprint density at radius 1 is 1.08 bits per heavy atom. The van der Waals surface area contributed by atoms with Gasteiger partial charge in [-0.2, -0.15) is 0 Å². The van der Waals surface area contributed by atoms with E-state index >= 15 is 0 Å². The van der Waals surface area contributed by atoms with E-state index in [4.69, 9.17) is 9.79 Å². The highest BCUT2D eigenvalue weighted by Crippen LogP contribution is 2.32. The largest absolute Gasteiger partial charge is 0.356 e. The van der Waals surface area contributed by atoms with Crippen LogP contribution in [0.1, 0.15) is 25.0 Å². The molecule has 6 nitrogen and oxygen atoms in total. The van der Waals surface area contributed by atoms with Crippen LogP contribution in [0.25, 0.3) is 0 Å². The number of hydrogen-bond donors (Lipinski definition) is 2. The Hall–Kier alpha value is -2.01. The molecule has 0 saturated heterocycles. The summed E-state index contributed by atoms with van der Waals surface area (Å²) in [6.45, 7) is 5.28. The first-order valence-electron chi connectivity index (χ1n) is 8.18. The van der Waals surface area contributed by atoms with E-state index in [-0.39, 0.29) is 11.2 Å². The van der Waals surface area contributed by atoms with Gasteiger partial charge >= 0.3 is 7.60 Å². The van der Waals surface area contributed by atoms with Crippen LogP contribution in [-0.4, -0.2) is 27.1 Å². The van der Waals surface area contributed by atoms with Gasteiger partial charge in [-0.1, -0.05) is 19.1 Å². The number of aryl methyl sites for hydroxylation is 1. The van der Waals surface area contributed by atoms with Gasteiger partial charge in [0.15, 0.2) is 18.9 Å². The quantitative estimate of drug-likeness (QED) is 0.575. The van der Waals surface area contributed by atoms with Gasteiger partial charge in [0.1, 0.15) is 0 Å². The van der Waals surface area contributed by atoms with Gasteiger partial charge in [0.2, 0.25) is 5.91 Å². The van der Waals surface area contributed by atoms with Gasteiger partial charge in [0.25, 0.3) is 0 Å². The number of aromatic nitrogens is 1. The molecule has 0 aliphatic rings. The maximum absolute atomic E-state index is 11.9. The first-order chi connectivity index (χ1) is 11.8. The van der Waals surface area contributed by atoms with E-state index in [1.54, 1.807) is 17.0 Å². The summed E-state index contributed by atoms with van der Waals surface area (Å²) in [5.74, 6) is -0.0372. The summed E-state index contributed by atoms with van der Waals surface area (Å²) >= 11 is 0. The van der Waals surface area contributed by atoms with Crippen LogP contribution >= 0.6 is 7.60 Å². The molecule has 0 atom stereocenters. The fourth-order valence-electron chi connectivity index (χ4n) is 2.47. The van der Waals surface area contributed by atoms with Crippen molar-refractivity contribution in [2.45, 2.75) is 33.4 Å². The zero-order chi connectivity index (χ0) is 18.4. The first-order valence-corrected chi connectivity index (χ1v) is 9.79. The summed E-state index contributed by atoms with van der Waals surface area (Å²) in [5.41, 5.74) is 2.10. The van der Waals surface area contributed by atoms with Crippen LogP contribution in [0.4, 0.5) is 0 Å². The fraction of sp³-hybridized carbons (Fsp3) is 0.333. The second-order valence-corrected chi connectivity index (χ2v) is 7.55. The molecular weight excluding hydrogens is 339 g/mol. The van der Waals surface area contributed by atoms with E-state index < -0.39 is 7.60 Å². The molecule has 2 rings (SSSR count). The number of amides is 1. The first kappa shape index (κ1) is 19.3. The maximum atomic E-state index is 11.9. The number of benzene rings is 1. The van der Waals surface area contributed by atoms with Crippen molar-refractivity contribution in [2.24, 2.45) is 0 Å². The molecule has 0 bridgehead atoms. The average Bonchev–Trinajstić information content (AvgIpc) is 2.58. The minimum atomic E-state index is -4.23. The average molecular weight is 363 g/mol. The lowest BCUT2D eigenvalue weighted by molar-refractivity contribution is -0.696. The van der Waals surface area contributed by atoms with Crippen LogP contribution in [-0.2, 0) is 28.9 Å². The molecule has 1 heterocycles. The van der Waals surface area contributed by atoms with Crippen LogP contribution in [0, 0.1) is 0 Å². The SMILES string of the molecule is CCc1cc[n+](CCN(Cc2ccc(P(=O)(O)O)cc2)C(C)=O)cc1. The normalized spacial score (nSPS) is 11.4. The molecule has 7 heteroatoms. The third kappa shape index (κ3) is 5.78. The molecule has 0 aliphatic carbocycles. The second kappa shape index (κ2) is 8.39. The smallest absolute Gasteiger partial charge is 0.332 e. The lowest BCUT2D eigenvalue weighted by atomic mass is 10.2. The summed E-state index contributed by atoms with van der Waals surface area (Å²) in [6, 6.07) is 10.2. The Balaban J connectivity index is 2.00. The Kier molecular flexibility index (Phi) is 6.48. The van der Waals surface area contributed by atoms with Crippen molar-refractivity contribution < 1.29 is 23.7 Å². The molecule has 1 aromatic heterocycles. The van der Waals surface area contributed by atoms with Crippen LogP contribution in [0.2, 0.25) is 0 Å². The Morgan fingerprint density at radius 2 is 1.68 bits per heavy atom. The highest BCUT2D eigenvalue weighted by molar-refractivity contribution is 7.60. The standard InChI is InChI=1S/C18H23N2O4P/c1-3-16-8-10-19(11-9-16)12-13-20(15(2)21)14-17-4-6-18(7-5-17)25(22,23)24/h4-11H,3,12-14H2,1-2H3,(H-,22,23,24)/p+1. The van der Waals surface area contributed by atoms with Gasteiger partial charge in [-0.25, -0.2) is 4.57 Å². The highest BCUT2D eigenvalue weighted by Gasteiger charge is 2.17. The molecule has 0 spiro atoms. The van der Waals surface area contributed by atoms with E-state index in [9.17, 15) is 9.36 Å². The fourth-order valence-corrected chi connectivity index (χ4v) is 3.01. The third-order valence-electron chi connectivity index (χ3n) is 4.09. The summed E-state index contributed by atoms with van der Waals surface area (Å²) < 4.78 is 13.2. The topological polar surface area (TPSA) is 81.7 Å². The minimum Gasteiger partial charge on any atom is -0.332 e. The number of nitrogens with zero attached hydrogens (tertiary/aromatic N) is 2. The lowest BCUT2D eigenvalue weighted by Crippen LogP contribution is -2.41. The molecule has 2 N–H and O–H groups in total. The van der Waals surface area contributed by atoms with Gasteiger partial charge in [0.05, 0.1) is 11.8 Å². The lowest BCUT2D eigenvalue weighted by Gasteiger charge is -2.20. The van der Waals surface area contributed by atoms with Crippen molar-refractivity contribution in [1.29, 1.82) is 0 Å². The van der Waals surface area contributed by atoms with Crippen molar-refractivity contribution in [2.75, 3.05) is 6.54 Å². The van der Waals surface area contributed by atoms with Gasteiger partial charge in [-0.15, -0.1) is 0 Å². The zero-order valence-corrected chi connectivity index (χ0v) is 15.4. The molecule has 0 aliphatic heterocycles. The minimum absolute atomic E-state index is 0.0165. The van der Waals surface area contributed by atoms with Crippen molar-refractivity contribution >= 4 is 18.8 Å². The predicted molar refractivity (Wildman–Crippen MR) is 95.2 cm³/mol. The number of rotatable bonds is 7. The molecule has 0 unspecified atom stereocenters. The second-order valence-electron chi connectivity index (χ2n) is 5.95. The van der Waals surface area contributed by atoms with E-state index in [0.29, 0.717) is 19.6 Å². The molecule has 134 valence electrons. The van der Waals surface area contributed by atoms with E-state index in [2.05, 4.69) is 19.1 Å². The van der Waals surface area contributed by atoms with Crippen molar-refractivity contribution in [3.05, 3.63) is 59.9 Å². The third-order valence-corrected chi connectivity index (χ3v) is 5.06. The van der Waals surface area contributed by atoms with Gasteiger partial charge in [0, 0.05) is 25.6 Å². The molecule has 0 saturated carbocycles. The monoisotopic (exact) mass is 363 g/mol. The molecule has 25 heavy (non-hydrogen) atoms. The summed E-state index contributed by atoms with van der Waals surface area (Å²) in [7, 11) is -4.23. The van der Waals surface area contributed by atoms with E-state index in [1.165, 1.54) is 24.6 Å². The summed E-state index contributed by atoms with van der Waals surface area (Å²) in [6.07, 6.45) is 5.00. The Labute approximate surface area is 147 Å². The van der Waals surface area contributed by atoms with Crippen molar-refractivity contribution in [3.63, 3.8) is 0 Å². The maximum Gasteiger partial charge on any atom is 0.356 e. The molecule has 0 radical (unpaired) electrons. The number of hydrogen-bond acceptors (Lipinski definition) is 2. The molecule has 2 aromatic rings. The van der Waals surface area contributed by atoms with E-state index in [0.717, 1.165) is 12.0 Å². The Bertz CT molecular complexity index is 754. The number of carbonyl (C=O) groups excluding carboxylic acids is 1. The van der Waals surface area contributed by atoms with Crippen molar-refractivity contribution in [1.82, 2.24) is 4.90 Å². The van der Waals surface area contributed by atoms with Crippen LogP contribution in [0.5, 0.6) is 0 Å². The number of pyridine rings is 1. The van der Waals surface area contributed by atoms with Crippen LogP contribution in [0.15, 0.2) is 48.8 Å². The highest BCUT2D eigenvalue weighted by atomic mass is 31.2. The van der Waals surface area contributed by atoms with Gasteiger partial charge in [-0.3, -0.25) is 9.36 Å². The molecule has 0 fully saturated rings. The summed E-state index contributed by atoms with van der Waals surface area (Å²) in [5, 5.41) is -0.0165. The molecule has 1 amide bonds. The van der Waals surface area contributed by atoms with Gasteiger partial charge in [-0.05, 0) is 29.7 Å². The molecular formula is C18H24N2O4P+. The van der Waals surface area contributed by atoms with Crippen LogP contribution in [0.3, 0.4) is 0 Å².